The van der Waals surface area contributed by atoms with Crippen LogP contribution in [0.5, 0.6) is 5.75 Å². The van der Waals surface area contributed by atoms with Crippen molar-refractivity contribution in [2.75, 3.05) is 18.5 Å². The van der Waals surface area contributed by atoms with E-state index in [9.17, 15) is 4.79 Å². The molecule has 1 amide bonds. The molecule has 0 saturated heterocycles. The van der Waals surface area contributed by atoms with E-state index in [4.69, 9.17) is 4.74 Å². The molecule has 5 heteroatoms. The first-order valence-electron chi connectivity index (χ1n) is 6.96. The van der Waals surface area contributed by atoms with Gasteiger partial charge in [-0.15, -0.1) is 0 Å². The van der Waals surface area contributed by atoms with E-state index >= 15 is 0 Å². The lowest BCUT2D eigenvalue weighted by Crippen LogP contribution is -2.25. The number of anilines is 1. The summed E-state index contributed by atoms with van der Waals surface area (Å²) in [6.07, 6.45) is 4.60. The molecule has 0 fully saturated rings. The third-order valence-corrected chi connectivity index (χ3v) is 3.32. The summed E-state index contributed by atoms with van der Waals surface area (Å²) in [6.45, 7) is 1.73. The molecule has 3 rings (SSSR count). The number of aromatic nitrogens is 1. The Morgan fingerprint density at radius 3 is 3.10 bits per heavy atom. The van der Waals surface area contributed by atoms with E-state index in [-0.39, 0.29) is 12.5 Å². The van der Waals surface area contributed by atoms with Crippen molar-refractivity contribution < 1.29 is 9.53 Å². The molecule has 0 saturated carbocycles. The van der Waals surface area contributed by atoms with E-state index in [1.54, 1.807) is 6.20 Å². The number of hydrogen-bond donors (Lipinski definition) is 2. The van der Waals surface area contributed by atoms with Gasteiger partial charge in [-0.25, -0.2) is 0 Å². The number of hydrogen-bond acceptors (Lipinski definition) is 4. The van der Waals surface area contributed by atoms with Crippen LogP contribution in [0.25, 0.3) is 0 Å². The first-order valence-corrected chi connectivity index (χ1v) is 6.96. The Kier molecular flexibility index (Phi) is 4.12. The number of pyridine rings is 1. The smallest absolute Gasteiger partial charge is 0.262 e. The summed E-state index contributed by atoms with van der Waals surface area (Å²) in [4.78, 5) is 15.4. The van der Waals surface area contributed by atoms with Gasteiger partial charge in [0, 0.05) is 18.9 Å². The fraction of sp³-hybridized carbons (Fsp3) is 0.250. The fourth-order valence-electron chi connectivity index (χ4n) is 2.25. The van der Waals surface area contributed by atoms with Crippen LogP contribution in [0.2, 0.25) is 0 Å². The zero-order chi connectivity index (χ0) is 14.5. The molecule has 0 radical (unpaired) electrons. The minimum Gasteiger partial charge on any atom is -0.482 e. The number of amides is 1. The molecule has 0 atom stereocenters. The Morgan fingerprint density at radius 2 is 2.24 bits per heavy atom. The van der Waals surface area contributed by atoms with Gasteiger partial charge in [-0.1, -0.05) is 12.1 Å². The third kappa shape index (κ3) is 3.58. The van der Waals surface area contributed by atoms with Crippen molar-refractivity contribution in [3.8, 4) is 5.75 Å². The monoisotopic (exact) mass is 283 g/mol. The van der Waals surface area contributed by atoms with Gasteiger partial charge >= 0.3 is 0 Å². The normalized spacial score (nSPS) is 13.2. The molecule has 21 heavy (non-hydrogen) atoms. The SMILES string of the molecule is O=C1COc2ccc(CNCCc3cccnc3)cc2N1. The highest BCUT2D eigenvalue weighted by Crippen LogP contribution is 2.28. The zero-order valence-corrected chi connectivity index (χ0v) is 11.6. The molecule has 0 aliphatic carbocycles. The first-order chi connectivity index (χ1) is 10.3. The minimum atomic E-state index is -0.107. The quantitative estimate of drug-likeness (QED) is 0.821. The van der Waals surface area contributed by atoms with Crippen molar-refractivity contribution >= 4 is 11.6 Å². The van der Waals surface area contributed by atoms with Gasteiger partial charge < -0.3 is 15.4 Å². The molecule has 2 N–H and O–H groups in total. The minimum absolute atomic E-state index is 0.0930. The molecule has 0 bridgehead atoms. The van der Waals surface area contributed by atoms with Crippen LogP contribution < -0.4 is 15.4 Å². The zero-order valence-electron chi connectivity index (χ0n) is 11.6. The topological polar surface area (TPSA) is 63.2 Å². The average molecular weight is 283 g/mol. The lowest BCUT2D eigenvalue weighted by Gasteiger charge is -2.18. The average Bonchev–Trinajstić information content (AvgIpc) is 2.52. The van der Waals surface area contributed by atoms with Crippen molar-refractivity contribution in [3.63, 3.8) is 0 Å². The molecule has 1 aromatic carbocycles. The predicted octanol–water partition coefficient (Wildman–Crippen LogP) is 1.74. The fourth-order valence-corrected chi connectivity index (χ4v) is 2.25. The molecule has 2 heterocycles. The highest BCUT2D eigenvalue weighted by molar-refractivity contribution is 5.95. The van der Waals surface area contributed by atoms with Gasteiger partial charge in [0.05, 0.1) is 5.69 Å². The molecule has 0 spiro atoms. The van der Waals surface area contributed by atoms with Gasteiger partial charge in [0.25, 0.3) is 5.91 Å². The summed E-state index contributed by atoms with van der Waals surface area (Å²) in [5.41, 5.74) is 3.08. The lowest BCUT2D eigenvalue weighted by molar-refractivity contribution is -0.118. The number of benzene rings is 1. The summed E-state index contributed by atoms with van der Waals surface area (Å²) in [7, 11) is 0. The molecule has 5 nitrogen and oxygen atoms in total. The highest BCUT2D eigenvalue weighted by Gasteiger charge is 2.15. The Bertz CT molecular complexity index is 629. The van der Waals surface area contributed by atoms with Crippen LogP contribution in [0, 0.1) is 0 Å². The highest BCUT2D eigenvalue weighted by atomic mass is 16.5. The largest absolute Gasteiger partial charge is 0.482 e. The van der Waals surface area contributed by atoms with Crippen molar-refractivity contribution in [3.05, 3.63) is 53.9 Å². The van der Waals surface area contributed by atoms with E-state index in [0.717, 1.165) is 36.5 Å². The van der Waals surface area contributed by atoms with Crippen LogP contribution >= 0.6 is 0 Å². The standard InChI is InChI=1S/C16H17N3O2/c20-16-11-21-15-4-3-13(8-14(15)19-16)10-18-7-5-12-2-1-6-17-9-12/h1-4,6,8-9,18H,5,7,10-11H2,(H,19,20). The van der Waals surface area contributed by atoms with Crippen LogP contribution in [0.15, 0.2) is 42.7 Å². The Morgan fingerprint density at radius 1 is 1.29 bits per heavy atom. The van der Waals surface area contributed by atoms with E-state index < -0.39 is 0 Å². The van der Waals surface area contributed by atoms with Crippen LogP contribution in [-0.4, -0.2) is 24.0 Å². The summed E-state index contributed by atoms with van der Waals surface area (Å²) in [6, 6.07) is 9.87. The van der Waals surface area contributed by atoms with E-state index in [2.05, 4.69) is 21.7 Å². The van der Waals surface area contributed by atoms with Crippen molar-refractivity contribution in [1.82, 2.24) is 10.3 Å². The summed E-state index contributed by atoms with van der Waals surface area (Å²) < 4.78 is 5.33. The van der Waals surface area contributed by atoms with Crippen LogP contribution in [0.4, 0.5) is 5.69 Å². The molecular weight excluding hydrogens is 266 g/mol. The maximum atomic E-state index is 11.3. The van der Waals surface area contributed by atoms with Crippen molar-refractivity contribution in [2.24, 2.45) is 0 Å². The van der Waals surface area contributed by atoms with Crippen LogP contribution in [0.1, 0.15) is 11.1 Å². The van der Waals surface area contributed by atoms with Crippen molar-refractivity contribution in [1.29, 1.82) is 0 Å². The van der Waals surface area contributed by atoms with Gasteiger partial charge in [0.2, 0.25) is 0 Å². The van der Waals surface area contributed by atoms with Gasteiger partial charge in [0.1, 0.15) is 5.75 Å². The third-order valence-electron chi connectivity index (χ3n) is 3.32. The number of carbonyl (C=O) groups is 1. The number of carbonyl (C=O) groups excluding carboxylic acids is 1. The molecule has 0 unspecified atom stereocenters. The molecule has 2 aromatic rings. The van der Waals surface area contributed by atoms with Crippen molar-refractivity contribution in [2.45, 2.75) is 13.0 Å². The van der Waals surface area contributed by atoms with E-state index in [1.807, 2.05) is 30.5 Å². The number of rotatable bonds is 5. The molecule has 1 aliphatic heterocycles. The maximum absolute atomic E-state index is 11.3. The lowest BCUT2D eigenvalue weighted by atomic mass is 10.1. The Labute approximate surface area is 123 Å². The summed E-state index contributed by atoms with van der Waals surface area (Å²) in [5.74, 6) is 0.623. The predicted molar refractivity (Wildman–Crippen MR) is 80.2 cm³/mol. The maximum Gasteiger partial charge on any atom is 0.262 e. The van der Waals surface area contributed by atoms with Gasteiger partial charge in [-0.3, -0.25) is 9.78 Å². The molecule has 1 aliphatic rings. The van der Waals surface area contributed by atoms with Gasteiger partial charge in [-0.2, -0.15) is 0 Å². The number of ether oxygens (including phenoxy) is 1. The second-order valence-corrected chi connectivity index (χ2v) is 4.96. The number of nitrogens with zero attached hydrogens (tertiary/aromatic N) is 1. The van der Waals surface area contributed by atoms with Crippen LogP contribution in [0.3, 0.4) is 0 Å². The summed E-state index contributed by atoms with van der Waals surface area (Å²) >= 11 is 0. The molecule has 1 aromatic heterocycles. The number of fused-ring (bicyclic) bond motifs is 1. The van der Waals surface area contributed by atoms with Crippen LogP contribution in [-0.2, 0) is 17.8 Å². The van der Waals surface area contributed by atoms with E-state index in [1.165, 1.54) is 5.56 Å². The molecule has 108 valence electrons. The Balaban J connectivity index is 1.52. The number of nitrogens with one attached hydrogen (secondary N) is 2. The van der Waals surface area contributed by atoms with Gasteiger partial charge in [0.15, 0.2) is 6.61 Å². The second-order valence-electron chi connectivity index (χ2n) is 4.96. The molecular formula is C16H17N3O2. The Hall–Kier alpha value is -2.40. The first kappa shape index (κ1) is 13.6. The second kappa shape index (κ2) is 6.37. The van der Waals surface area contributed by atoms with Gasteiger partial charge in [-0.05, 0) is 42.3 Å². The van der Waals surface area contributed by atoms with E-state index in [0.29, 0.717) is 0 Å². The summed E-state index contributed by atoms with van der Waals surface area (Å²) in [5, 5.41) is 6.20.